The molecule has 0 unspecified atom stereocenters. The summed E-state index contributed by atoms with van der Waals surface area (Å²) in [6.45, 7) is 0.276. The second-order valence-electron chi connectivity index (χ2n) is 6.43. The van der Waals surface area contributed by atoms with Crippen molar-refractivity contribution >= 4 is 38.1 Å². The van der Waals surface area contributed by atoms with Crippen molar-refractivity contribution in [3.05, 3.63) is 29.8 Å². The number of aromatic hydroxyl groups is 1. The number of rotatable bonds is 8. The minimum Gasteiger partial charge on any atom is -0.504 e. The quantitative estimate of drug-likeness (QED) is 0.213. The summed E-state index contributed by atoms with van der Waals surface area (Å²) in [5.74, 6) is 0.551. The van der Waals surface area contributed by atoms with Gasteiger partial charge in [0.25, 0.3) is 10.1 Å². The number of fused-ring (bicyclic) bond motifs is 3. The van der Waals surface area contributed by atoms with Crippen LogP contribution in [0.15, 0.2) is 29.2 Å². The SMILES string of the molecule is COc1cc2c(S(=O)(=O)O)cc3c(CCNC=O)cc(OC)c(O)c3c2cc1OC. The third-order valence-electron chi connectivity index (χ3n) is 4.84. The lowest BCUT2D eigenvalue weighted by atomic mass is 9.95. The molecule has 3 aromatic rings. The Morgan fingerprint density at radius 3 is 2.07 bits per heavy atom. The van der Waals surface area contributed by atoms with E-state index in [2.05, 4.69) is 5.32 Å². The molecular formula is C20H21NO8S. The molecule has 0 aliphatic rings. The fourth-order valence-electron chi connectivity index (χ4n) is 3.49. The first-order valence-corrected chi connectivity index (χ1v) is 10.3. The molecule has 0 radical (unpaired) electrons. The minimum atomic E-state index is -4.62. The molecule has 0 bridgehead atoms. The van der Waals surface area contributed by atoms with E-state index in [1.54, 1.807) is 6.07 Å². The van der Waals surface area contributed by atoms with Gasteiger partial charge in [-0.05, 0) is 47.0 Å². The van der Waals surface area contributed by atoms with Crippen LogP contribution in [-0.4, -0.2) is 52.4 Å². The maximum absolute atomic E-state index is 12.2. The van der Waals surface area contributed by atoms with Crippen molar-refractivity contribution in [2.75, 3.05) is 27.9 Å². The van der Waals surface area contributed by atoms with Crippen LogP contribution in [-0.2, 0) is 21.3 Å². The molecule has 3 N–H and O–H groups in total. The zero-order valence-corrected chi connectivity index (χ0v) is 17.4. The molecule has 0 heterocycles. The van der Waals surface area contributed by atoms with Crippen molar-refractivity contribution in [3.63, 3.8) is 0 Å². The summed E-state index contributed by atoms with van der Waals surface area (Å²) in [5.41, 5.74) is 0.607. The van der Waals surface area contributed by atoms with Crippen LogP contribution in [0, 0.1) is 0 Å². The van der Waals surface area contributed by atoms with Crippen molar-refractivity contribution in [3.8, 4) is 23.0 Å². The fraction of sp³-hybridized carbons (Fsp3) is 0.250. The Bertz CT molecular complexity index is 1240. The van der Waals surface area contributed by atoms with Crippen LogP contribution in [0.4, 0.5) is 0 Å². The molecule has 0 saturated carbocycles. The summed E-state index contributed by atoms with van der Waals surface area (Å²) < 4.78 is 50.1. The van der Waals surface area contributed by atoms with Crippen molar-refractivity contribution in [2.24, 2.45) is 0 Å². The lowest BCUT2D eigenvalue weighted by Gasteiger charge is -2.17. The highest BCUT2D eigenvalue weighted by molar-refractivity contribution is 7.86. The standard InChI is InChI=1S/C20H21NO8S/c1-27-15-7-13-14(8-16(15)28-2)19-12(9-18(13)30(24,25)26)11(4-5-21-10-22)6-17(29-3)20(19)23/h6-10,23H,4-5H2,1-3H3,(H,21,22)(H,24,25,26). The van der Waals surface area contributed by atoms with E-state index in [4.69, 9.17) is 14.2 Å². The van der Waals surface area contributed by atoms with Crippen molar-refractivity contribution in [1.82, 2.24) is 5.32 Å². The zero-order valence-electron chi connectivity index (χ0n) is 16.6. The van der Waals surface area contributed by atoms with Gasteiger partial charge in [0.15, 0.2) is 23.0 Å². The normalized spacial score (nSPS) is 11.5. The predicted molar refractivity (Wildman–Crippen MR) is 110 cm³/mol. The number of phenols is 1. The van der Waals surface area contributed by atoms with Crippen LogP contribution in [0.25, 0.3) is 21.5 Å². The number of nitrogens with one attached hydrogen (secondary N) is 1. The first-order chi connectivity index (χ1) is 14.3. The minimum absolute atomic E-state index is 0.142. The maximum atomic E-state index is 12.2. The first-order valence-electron chi connectivity index (χ1n) is 8.82. The van der Waals surface area contributed by atoms with E-state index in [0.717, 1.165) is 0 Å². The predicted octanol–water partition coefficient (Wildman–Crippen LogP) is 2.26. The highest BCUT2D eigenvalue weighted by atomic mass is 32.2. The maximum Gasteiger partial charge on any atom is 0.295 e. The molecule has 30 heavy (non-hydrogen) atoms. The molecule has 9 nitrogen and oxygen atoms in total. The summed E-state index contributed by atoms with van der Waals surface area (Å²) in [5, 5.41) is 14.5. The summed E-state index contributed by atoms with van der Waals surface area (Å²) >= 11 is 0. The Morgan fingerprint density at radius 2 is 1.53 bits per heavy atom. The molecule has 10 heteroatoms. The molecule has 3 rings (SSSR count). The van der Waals surface area contributed by atoms with E-state index in [-0.39, 0.29) is 34.1 Å². The van der Waals surface area contributed by atoms with Gasteiger partial charge in [0.2, 0.25) is 6.41 Å². The number of carbonyl (C=O) groups is 1. The van der Waals surface area contributed by atoms with Crippen molar-refractivity contribution in [2.45, 2.75) is 11.3 Å². The van der Waals surface area contributed by atoms with E-state index in [1.807, 2.05) is 0 Å². The average Bonchev–Trinajstić information content (AvgIpc) is 2.72. The number of amides is 1. The van der Waals surface area contributed by atoms with Crippen LogP contribution in [0.3, 0.4) is 0 Å². The highest BCUT2D eigenvalue weighted by Gasteiger charge is 2.23. The number of hydrogen-bond donors (Lipinski definition) is 3. The molecule has 0 atom stereocenters. The number of carbonyl (C=O) groups excluding carboxylic acids is 1. The van der Waals surface area contributed by atoms with E-state index in [1.165, 1.54) is 39.5 Å². The Morgan fingerprint density at radius 1 is 0.933 bits per heavy atom. The molecule has 3 aromatic carbocycles. The van der Waals surface area contributed by atoms with Crippen LogP contribution in [0.1, 0.15) is 5.56 Å². The summed E-state index contributed by atoms with van der Waals surface area (Å²) in [6, 6.07) is 5.79. The van der Waals surface area contributed by atoms with Gasteiger partial charge in [-0.3, -0.25) is 9.35 Å². The van der Waals surface area contributed by atoms with Gasteiger partial charge in [-0.15, -0.1) is 0 Å². The van der Waals surface area contributed by atoms with E-state index < -0.39 is 10.1 Å². The number of hydrogen-bond acceptors (Lipinski definition) is 7. The molecule has 160 valence electrons. The molecule has 0 aliphatic heterocycles. The number of benzene rings is 3. The number of methoxy groups -OCH3 is 3. The van der Waals surface area contributed by atoms with Gasteiger partial charge >= 0.3 is 0 Å². The molecular weight excluding hydrogens is 414 g/mol. The highest BCUT2D eigenvalue weighted by Crippen LogP contribution is 2.45. The Hall–Kier alpha value is -3.24. The van der Waals surface area contributed by atoms with Crippen LogP contribution < -0.4 is 19.5 Å². The summed E-state index contributed by atoms with van der Waals surface area (Å²) in [6.07, 6.45) is 0.881. The van der Waals surface area contributed by atoms with Crippen LogP contribution >= 0.6 is 0 Å². The van der Waals surface area contributed by atoms with Gasteiger partial charge in [0.05, 0.1) is 21.3 Å². The summed E-state index contributed by atoms with van der Waals surface area (Å²) in [4.78, 5) is 10.3. The molecule has 0 saturated heterocycles. The second kappa shape index (κ2) is 8.25. The number of phenolic OH excluding ortho intramolecular Hbond substituents is 1. The fourth-order valence-corrected chi connectivity index (χ4v) is 4.21. The monoisotopic (exact) mass is 435 g/mol. The van der Waals surface area contributed by atoms with Gasteiger partial charge in [-0.2, -0.15) is 8.42 Å². The zero-order chi connectivity index (χ0) is 22.1. The molecule has 1 amide bonds. The first kappa shape index (κ1) is 21.5. The Labute approximate surface area is 172 Å². The van der Waals surface area contributed by atoms with Crippen molar-refractivity contribution in [1.29, 1.82) is 0 Å². The van der Waals surface area contributed by atoms with Gasteiger partial charge in [-0.25, -0.2) is 0 Å². The van der Waals surface area contributed by atoms with Gasteiger partial charge in [0.1, 0.15) is 4.90 Å². The topological polar surface area (TPSA) is 131 Å². The molecule has 0 aromatic heterocycles. The van der Waals surface area contributed by atoms with Crippen LogP contribution in [0.5, 0.6) is 23.0 Å². The van der Waals surface area contributed by atoms with E-state index in [0.29, 0.717) is 40.3 Å². The largest absolute Gasteiger partial charge is 0.504 e. The third kappa shape index (κ3) is 3.66. The average molecular weight is 435 g/mol. The number of ether oxygens (including phenoxy) is 3. The van der Waals surface area contributed by atoms with E-state index in [9.17, 15) is 22.9 Å². The van der Waals surface area contributed by atoms with Gasteiger partial charge < -0.3 is 24.6 Å². The molecule has 0 aliphatic carbocycles. The summed E-state index contributed by atoms with van der Waals surface area (Å²) in [7, 11) is -0.396. The Kier molecular flexibility index (Phi) is 5.90. The van der Waals surface area contributed by atoms with E-state index >= 15 is 0 Å². The van der Waals surface area contributed by atoms with Gasteiger partial charge in [0, 0.05) is 17.3 Å². The van der Waals surface area contributed by atoms with Gasteiger partial charge in [-0.1, -0.05) is 0 Å². The third-order valence-corrected chi connectivity index (χ3v) is 5.74. The molecule has 0 fully saturated rings. The lowest BCUT2D eigenvalue weighted by Crippen LogP contribution is -2.14. The second-order valence-corrected chi connectivity index (χ2v) is 7.82. The Balaban J connectivity index is 2.55. The van der Waals surface area contributed by atoms with Crippen LogP contribution in [0.2, 0.25) is 0 Å². The molecule has 0 spiro atoms. The van der Waals surface area contributed by atoms with Crippen molar-refractivity contribution < 1.29 is 37.1 Å². The smallest absolute Gasteiger partial charge is 0.295 e. The lowest BCUT2D eigenvalue weighted by molar-refractivity contribution is -0.109.